The number of hydrogen-bond acceptors (Lipinski definition) is 7. The van der Waals surface area contributed by atoms with Crippen molar-refractivity contribution < 1.29 is 34.1 Å². The lowest BCUT2D eigenvalue weighted by Crippen LogP contribution is -2.36. The van der Waals surface area contributed by atoms with Crippen LogP contribution >= 0.6 is 11.3 Å². The van der Waals surface area contributed by atoms with Crippen LogP contribution in [0.2, 0.25) is 0 Å². The van der Waals surface area contributed by atoms with Crippen LogP contribution in [0.5, 0.6) is 0 Å². The van der Waals surface area contributed by atoms with Gasteiger partial charge in [0, 0.05) is 43.2 Å². The van der Waals surface area contributed by atoms with Crippen LogP contribution in [-0.4, -0.2) is 60.7 Å². The van der Waals surface area contributed by atoms with Gasteiger partial charge in [-0.25, -0.2) is 9.59 Å². The van der Waals surface area contributed by atoms with E-state index in [1.54, 1.807) is 12.1 Å². The number of hydrogen-bond donors (Lipinski definition) is 4. The number of carbonyl (C=O) groups excluding carboxylic acids is 2. The number of benzene rings is 1. The van der Waals surface area contributed by atoms with E-state index in [9.17, 15) is 24.3 Å². The van der Waals surface area contributed by atoms with Gasteiger partial charge in [-0.05, 0) is 29.8 Å². The molecule has 1 aromatic carbocycles. The van der Waals surface area contributed by atoms with Crippen LogP contribution in [-0.2, 0) is 27.4 Å². The predicted octanol–water partition coefficient (Wildman–Crippen LogP) is 1.41. The molecule has 1 atom stereocenters. The first-order valence-corrected chi connectivity index (χ1v) is 10.1. The predicted molar refractivity (Wildman–Crippen MR) is 113 cm³/mol. The molecule has 1 unspecified atom stereocenters. The van der Waals surface area contributed by atoms with Gasteiger partial charge in [0.2, 0.25) is 0 Å². The summed E-state index contributed by atoms with van der Waals surface area (Å²) in [6, 6.07) is 7.08. The number of carboxylic acids is 2. The lowest BCUT2D eigenvalue weighted by molar-refractivity contribution is -0.147. The number of carbonyl (C=O) groups is 4. The van der Waals surface area contributed by atoms with Crippen molar-refractivity contribution >= 4 is 45.8 Å². The van der Waals surface area contributed by atoms with E-state index in [4.69, 9.17) is 9.84 Å². The molecular weight excluding hydrogens is 426 g/mol. The van der Waals surface area contributed by atoms with Crippen molar-refractivity contribution in [1.29, 1.82) is 0 Å². The molecule has 0 saturated heterocycles. The summed E-state index contributed by atoms with van der Waals surface area (Å²) >= 11 is 0.970. The Morgan fingerprint density at radius 1 is 1.16 bits per heavy atom. The van der Waals surface area contributed by atoms with Crippen LogP contribution in [0, 0.1) is 0 Å². The third-order valence-corrected chi connectivity index (χ3v) is 5.86. The van der Waals surface area contributed by atoms with Crippen LogP contribution in [0.15, 0.2) is 24.3 Å². The molecule has 0 spiro atoms. The van der Waals surface area contributed by atoms with Crippen molar-refractivity contribution in [2.24, 2.45) is 0 Å². The molecule has 11 heteroatoms. The van der Waals surface area contributed by atoms with Crippen LogP contribution in [0.4, 0.5) is 10.7 Å². The highest BCUT2D eigenvalue weighted by atomic mass is 32.1. The van der Waals surface area contributed by atoms with Gasteiger partial charge >= 0.3 is 17.8 Å². The summed E-state index contributed by atoms with van der Waals surface area (Å²) in [6.07, 6.45) is -0.260. The van der Waals surface area contributed by atoms with Gasteiger partial charge in [0.25, 0.3) is 5.91 Å². The maximum atomic E-state index is 12.4. The molecule has 0 fully saturated rings. The topological polar surface area (TPSA) is 145 Å². The molecule has 0 bridgehead atoms. The summed E-state index contributed by atoms with van der Waals surface area (Å²) in [4.78, 5) is 48.9. The summed E-state index contributed by atoms with van der Waals surface area (Å²) in [6.45, 7) is 0.265. The number of nitrogens with one attached hydrogen (secondary N) is 2. The van der Waals surface area contributed by atoms with Crippen LogP contribution < -0.4 is 15.5 Å². The average Bonchev–Trinajstić information content (AvgIpc) is 3.09. The SMILES string of the molecule is CN(C)c1ccc(C(=O)NCC2Cc3c(sc(NC(=O)C(=O)O)c3C(=O)O)CO2)cc1. The molecule has 164 valence electrons. The van der Waals surface area contributed by atoms with E-state index in [0.717, 1.165) is 17.0 Å². The number of ether oxygens (including phenoxy) is 1. The maximum absolute atomic E-state index is 12.4. The second-order valence-electron chi connectivity index (χ2n) is 7.06. The molecule has 2 heterocycles. The van der Waals surface area contributed by atoms with Gasteiger partial charge in [-0.15, -0.1) is 11.3 Å². The molecule has 1 aliphatic rings. The highest BCUT2D eigenvalue weighted by Gasteiger charge is 2.31. The number of thiophene rings is 1. The fourth-order valence-electron chi connectivity index (χ4n) is 3.15. The van der Waals surface area contributed by atoms with E-state index >= 15 is 0 Å². The first-order chi connectivity index (χ1) is 14.7. The summed E-state index contributed by atoms with van der Waals surface area (Å²) in [5.41, 5.74) is 1.78. The summed E-state index contributed by atoms with van der Waals surface area (Å²) < 4.78 is 5.71. The molecule has 1 aliphatic heterocycles. The van der Waals surface area contributed by atoms with E-state index in [2.05, 4.69) is 10.6 Å². The van der Waals surface area contributed by atoms with Gasteiger partial charge in [-0.1, -0.05) is 0 Å². The van der Waals surface area contributed by atoms with Crippen LogP contribution in [0.3, 0.4) is 0 Å². The van der Waals surface area contributed by atoms with E-state index in [1.807, 2.05) is 31.1 Å². The van der Waals surface area contributed by atoms with E-state index in [-0.39, 0.29) is 36.0 Å². The van der Waals surface area contributed by atoms with Crippen molar-refractivity contribution in [3.05, 3.63) is 45.8 Å². The Morgan fingerprint density at radius 3 is 2.42 bits per heavy atom. The van der Waals surface area contributed by atoms with Crippen molar-refractivity contribution in [3.63, 3.8) is 0 Å². The normalized spacial score (nSPS) is 15.0. The minimum atomic E-state index is -1.71. The van der Waals surface area contributed by atoms with Gasteiger partial charge in [-0.3, -0.25) is 9.59 Å². The van der Waals surface area contributed by atoms with E-state index < -0.39 is 23.9 Å². The minimum Gasteiger partial charge on any atom is -0.478 e. The molecule has 4 N–H and O–H groups in total. The van der Waals surface area contributed by atoms with Crippen LogP contribution in [0.25, 0.3) is 0 Å². The van der Waals surface area contributed by atoms with Crippen molar-refractivity contribution in [2.45, 2.75) is 19.1 Å². The summed E-state index contributed by atoms with van der Waals surface area (Å²) in [7, 11) is 3.80. The second-order valence-corrected chi connectivity index (χ2v) is 8.17. The lowest BCUT2D eigenvalue weighted by atomic mass is 10.0. The van der Waals surface area contributed by atoms with Crippen LogP contribution in [0.1, 0.15) is 31.2 Å². The van der Waals surface area contributed by atoms with Gasteiger partial charge in [0.1, 0.15) is 5.00 Å². The highest BCUT2D eigenvalue weighted by Crippen LogP contribution is 2.37. The number of amides is 2. The number of carboxylic acid groups (broad SMARTS) is 2. The number of fused-ring (bicyclic) bond motifs is 1. The Labute approximate surface area is 181 Å². The molecule has 10 nitrogen and oxygen atoms in total. The Balaban J connectivity index is 1.68. The molecule has 31 heavy (non-hydrogen) atoms. The fourth-order valence-corrected chi connectivity index (χ4v) is 4.28. The van der Waals surface area contributed by atoms with Gasteiger partial charge in [0.15, 0.2) is 0 Å². The van der Waals surface area contributed by atoms with Gasteiger partial charge in [-0.2, -0.15) is 0 Å². The van der Waals surface area contributed by atoms with E-state index in [1.165, 1.54) is 0 Å². The molecular formula is C20H21N3O7S. The molecule has 0 saturated carbocycles. The number of aliphatic carboxylic acids is 1. The van der Waals surface area contributed by atoms with Crippen molar-refractivity contribution in [1.82, 2.24) is 5.32 Å². The zero-order valence-corrected chi connectivity index (χ0v) is 17.6. The first-order valence-electron chi connectivity index (χ1n) is 9.26. The minimum absolute atomic E-state index is 0.0424. The number of aromatic carboxylic acids is 1. The number of rotatable bonds is 6. The molecule has 2 amide bonds. The Hall–Kier alpha value is -3.44. The largest absolute Gasteiger partial charge is 0.478 e. The second kappa shape index (κ2) is 9.14. The summed E-state index contributed by atoms with van der Waals surface area (Å²) in [5, 5.41) is 23.2. The molecule has 0 aliphatic carbocycles. The average molecular weight is 447 g/mol. The molecule has 3 rings (SSSR count). The first kappa shape index (κ1) is 22.2. The smallest absolute Gasteiger partial charge is 0.394 e. The standard InChI is InChI=1S/C20H21N3O7S/c1-23(2)11-5-3-10(4-6-11)16(24)21-8-12-7-13-14(9-30-12)31-18(15(13)19(26)27)22-17(25)20(28)29/h3-6,12H,7-9H2,1-2H3,(H,21,24)(H,22,25)(H,26,27)(H,28,29). The summed E-state index contributed by atoms with van der Waals surface area (Å²) in [5.74, 6) is -4.58. The lowest BCUT2D eigenvalue weighted by Gasteiger charge is -2.23. The molecule has 1 aromatic heterocycles. The third kappa shape index (κ3) is 5.01. The zero-order valence-electron chi connectivity index (χ0n) is 16.8. The fraction of sp³-hybridized carbons (Fsp3) is 0.300. The van der Waals surface area contributed by atoms with E-state index in [0.29, 0.717) is 16.0 Å². The zero-order chi connectivity index (χ0) is 22.7. The van der Waals surface area contributed by atoms with Gasteiger partial charge in [0.05, 0.1) is 18.3 Å². The molecule has 2 aromatic rings. The number of nitrogens with zero attached hydrogens (tertiary/aromatic N) is 1. The Bertz CT molecular complexity index is 1030. The quantitative estimate of drug-likeness (QED) is 0.486. The highest BCUT2D eigenvalue weighted by molar-refractivity contribution is 7.17. The Kier molecular flexibility index (Phi) is 6.56. The van der Waals surface area contributed by atoms with Crippen molar-refractivity contribution in [3.8, 4) is 0 Å². The maximum Gasteiger partial charge on any atom is 0.394 e. The monoisotopic (exact) mass is 447 g/mol. The Morgan fingerprint density at radius 2 is 1.84 bits per heavy atom. The number of anilines is 2. The third-order valence-electron chi connectivity index (χ3n) is 4.74. The van der Waals surface area contributed by atoms with Gasteiger partial charge < -0.3 is 30.5 Å². The molecule has 0 radical (unpaired) electrons. The van der Waals surface area contributed by atoms with Crippen molar-refractivity contribution in [2.75, 3.05) is 30.9 Å².